The maximum Gasteiger partial charge on any atom is 0.341 e. The highest BCUT2D eigenvalue weighted by molar-refractivity contribution is 5.90. The molecule has 0 aliphatic carbocycles. The number of carbonyl (C=O) groups is 1. The minimum Gasteiger partial charge on any atom is -0.465 e. The van der Waals surface area contributed by atoms with Gasteiger partial charge in [0.1, 0.15) is 29.4 Å². The Balaban J connectivity index is 3.20. The van der Waals surface area contributed by atoms with Crippen LogP contribution in [0.2, 0.25) is 0 Å². The maximum atomic E-state index is 11.4. The number of aromatic amines is 1. The van der Waals surface area contributed by atoms with Crippen LogP contribution in [0.15, 0.2) is 18.7 Å². The Morgan fingerprint density at radius 1 is 1.76 bits per heavy atom. The Morgan fingerprint density at radius 2 is 2.47 bits per heavy atom. The first-order valence-corrected chi connectivity index (χ1v) is 5.04. The van der Waals surface area contributed by atoms with E-state index < -0.39 is 5.97 Å². The normalized spacial score (nSPS) is 9.24. The molecule has 0 fully saturated rings. The van der Waals surface area contributed by atoms with Gasteiger partial charge in [0.25, 0.3) is 5.82 Å². The molecule has 1 aromatic rings. The minimum absolute atomic E-state index is 0.355. The number of pyridine rings is 1. The summed E-state index contributed by atoms with van der Waals surface area (Å²) < 4.78 is 4.63. The summed E-state index contributed by atoms with van der Waals surface area (Å²) in [6, 6.07) is 3.52. The van der Waals surface area contributed by atoms with Crippen LogP contribution in [0.1, 0.15) is 21.6 Å². The van der Waals surface area contributed by atoms with Crippen molar-refractivity contribution < 1.29 is 14.5 Å². The molecule has 0 amide bonds. The number of nitriles is 1. The van der Waals surface area contributed by atoms with E-state index in [1.54, 1.807) is 13.0 Å². The van der Waals surface area contributed by atoms with Crippen molar-refractivity contribution in [2.45, 2.75) is 6.92 Å². The predicted molar refractivity (Wildman–Crippen MR) is 62.5 cm³/mol. The van der Waals surface area contributed by atoms with Crippen LogP contribution in [0.25, 0.3) is 0 Å². The molecular formula is C12H14N3O2+. The van der Waals surface area contributed by atoms with E-state index >= 15 is 0 Å². The SMILES string of the molecule is C=CCNc1[nH+]c(C)c(C(=O)OC)cc1C#N. The summed E-state index contributed by atoms with van der Waals surface area (Å²) >= 11 is 0. The second-order valence-electron chi connectivity index (χ2n) is 3.37. The molecule has 0 saturated carbocycles. The van der Waals surface area contributed by atoms with Gasteiger partial charge in [0.05, 0.1) is 7.11 Å². The topological polar surface area (TPSA) is 76.3 Å². The van der Waals surface area contributed by atoms with Gasteiger partial charge in [0, 0.05) is 0 Å². The highest BCUT2D eigenvalue weighted by atomic mass is 16.5. The third kappa shape index (κ3) is 2.82. The lowest BCUT2D eigenvalue weighted by atomic mass is 10.1. The van der Waals surface area contributed by atoms with Gasteiger partial charge >= 0.3 is 5.97 Å². The molecule has 2 N–H and O–H groups in total. The number of methoxy groups -OCH3 is 1. The van der Waals surface area contributed by atoms with E-state index in [1.165, 1.54) is 13.2 Å². The van der Waals surface area contributed by atoms with E-state index in [0.717, 1.165) is 0 Å². The van der Waals surface area contributed by atoms with Crippen LogP contribution in [0.3, 0.4) is 0 Å². The quantitative estimate of drug-likeness (QED) is 0.622. The Labute approximate surface area is 99.7 Å². The van der Waals surface area contributed by atoms with Crippen LogP contribution >= 0.6 is 0 Å². The van der Waals surface area contributed by atoms with Crippen molar-refractivity contribution in [1.29, 1.82) is 5.26 Å². The van der Waals surface area contributed by atoms with Crippen molar-refractivity contribution in [1.82, 2.24) is 0 Å². The molecule has 5 nitrogen and oxygen atoms in total. The molecule has 0 radical (unpaired) electrons. The fourth-order valence-electron chi connectivity index (χ4n) is 1.37. The summed E-state index contributed by atoms with van der Waals surface area (Å²) in [6.07, 6.45) is 1.68. The van der Waals surface area contributed by atoms with Gasteiger partial charge in [-0.05, 0) is 13.0 Å². The first-order chi connectivity index (χ1) is 8.13. The summed E-state index contributed by atoms with van der Waals surface area (Å²) in [5.41, 5.74) is 1.36. The third-order valence-corrected chi connectivity index (χ3v) is 2.22. The van der Waals surface area contributed by atoms with Crippen LogP contribution < -0.4 is 10.3 Å². The fourth-order valence-corrected chi connectivity index (χ4v) is 1.37. The van der Waals surface area contributed by atoms with Crippen molar-refractivity contribution in [2.75, 3.05) is 19.0 Å². The van der Waals surface area contributed by atoms with Gasteiger partial charge in [0.2, 0.25) is 0 Å². The number of hydrogen-bond acceptors (Lipinski definition) is 4. The van der Waals surface area contributed by atoms with Gasteiger partial charge in [0.15, 0.2) is 0 Å². The Morgan fingerprint density at radius 3 is 3.00 bits per heavy atom. The molecule has 17 heavy (non-hydrogen) atoms. The summed E-state index contributed by atoms with van der Waals surface area (Å²) in [4.78, 5) is 14.4. The number of carbonyl (C=O) groups excluding carboxylic acids is 1. The second-order valence-corrected chi connectivity index (χ2v) is 3.37. The molecule has 1 rings (SSSR count). The molecule has 0 atom stereocenters. The average molecular weight is 232 g/mol. The lowest BCUT2D eigenvalue weighted by Gasteiger charge is -2.04. The number of aryl methyl sites for hydroxylation is 1. The molecular weight excluding hydrogens is 218 g/mol. The number of nitrogens with one attached hydrogen (secondary N) is 2. The van der Waals surface area contributed by atoms with E-state index in [1.807, 2.05) is 6.07 Å². The van der Waals surface area contributed by atoms with Gasteiger partial charge in [-0.2, -0.15) is 5.26 Å². The van der Waals surface area contributed by atoms with E-state index in [0.29, 0.717) is 29.2 Å². The van der Waals surface area contributed by atoms with Crippen LogP contribution in [0, 0.1) is 18.3 Å². The van der Waals surface area contributed by atoms with E-state index in [2.05, 4.69) is 21.6 Å². The molecule has 0 bridgehead atoms. The van der Waals surface area contributed by atoms with Crippen molar-refractivity contribution in [3.63, 3.8) is 0 Å². The van der Waals surface area contributed by atoms with Gasteiger partial charge in [-0.15, -0.1) is 0 Å². The zero-order chi connectivity index (χ0) is 12.8. The van der Waals surface area contributed by atoms with E-state index in [-0.39, 0.29) is 0 Å². The van der Waals surface area contributed by atoms with E-state index in [9.17, 15) is 4.79 Å². The molecule has 1 aromatic heterocycles. The number of H-pyrrole nitrogens is 1. The minimum atomic E-state index is -0.467. The number of ether oxygens (including phenoxy) is 1. The number of esters is 1. The van der Waals surface area contributed by atoms with Crippen LogP contribution in [0.4, 0.5) is 5.82 Å². The number of aromatic nitrogens is 1. The first kappa shape index (κ1) is 12.7. The van der Waals surface area contributed by atoms with Gasteiger partial charge in [-0.1, -0.05) is 12.7 Å². The van der Waals surface area contributed by atoms with Crippen molar-refractivity contribution in [3.05, 3.63) is 35.5 Å². The Kier molecular flexibility index (Phi) is 4.23. The highest BCUT2D eigenvalue weighted by Crippen LogP contribution is 2.13. The van der Waals surface area contributed by atoms with Crippen LogP contribution in [0.5, 0.6) is 0 Å². The summed E-state index contributed by atoms with van der Waals surface area (Å²) in [7, 11) is 1.30. The largest absolute Gasteiger partial charge is 0.465 e. The average Bonchev–Trinajstić information content (AvgIpc) is 2.35. The molecule has 0 spiro atoms. The predicted octanol–water partition coefficient (Wildman–Crippen LogP) is 1.07. The fraction of sp³-hybridized carbons (Fsp3) is 0.250. The molecule has 88 valence electrons. The summed E-state index contributed by atoms with van der Waals surface area (Å²) in [6.45, 7) is 5.85. The number of hydrogen-bond donors (Lipinski definition) is 1. The van der Waals surface area contributed by atoms with Crippen molar-refractivity contribution in [2.24, 2.45) is 0 Å². The zero-order valence-corrected chi connectivity index (χ0v) is 9.83. The van der Waals surface area contributed by atoms with Gasteiger partial charge in [-0.3, -0.25) is 5.32 Å². The molecule has 0 saturated heterocycles. The number of rotatable bonds is 4. The standard InChI is InChI=1S/C12H13N3O2/c1-4-5-14-11-9(7-13)6-10(8(2)15-11)12(16)17-3/h4,6H,1,5H2,2-3H3,(H,14,15)/p+1. The smallest absolute Gasteiger partial charge is 0.341 e. The molecule has 0 aliphatic heterocycles. The summed E-state index contributed by atoms with van der Waals surface area (Å²) in [5.74, 6) is 0.100. The molecule has 1 heterocycles. The first-order valence-electron chi connectivity index (χ1n) is 5.04. The van der Waals surface area contributed by atoms with Crippen molar-refractivity contribution in [3.8, 4) is 6.07 Å². The zero-order valence-electron chi connectivity index (χ0n) is 9.83. The molecule has 5 heteroatoms. The van der Waals surface area contributed by atoms with Gasteiger partial charge in [-0.25, -0.2) is 9.78 Å². The van der Waals surface area contributed by atoms with Crippen LogP contribution in [-0.2, 0) is 4.74 Å². The molecule has 0 aromatic carbocycles. The highest BCUT2D eigenvalue weighted by Gasteiger charge is 2.18. The molecule has 0 unspecified atom stereocenters. The molecule has 0 aliphatic rings. The second kappa shape index (κ2) is 5.66. The Bertz CT molecular complexity index is 489. The lowest BCUT2D eigenvalue weighted by Crippen LogP contribution is -2.22. The Hall–Kier alpha value is -2.35. The maximum absolute atomic E-state index is 11.4. The summed E-state index contributed by atoms with van der Waals surface area (Å²) in [5, 5.41) is 12.0. The van der Waals surface area contributed by atoms with Gasteiger partial charge < -0.3 is 4.74 Å². The van der Waals surface area contributed by atoms with Crippen LogP contribution in [-0.4, -0.2) is 19.6 Å². The van der Waals surface area contributed by atoms with E-state index in [4.69, 9.17) is 5.26 Å². The number of nitrogens with zero attached hydrogens (tertiary/aromatic N) is 1. The third-order valence-electron chi connectivity index (χ3n) is 2.22. The number of anilines is 1. The lowest BCUT2D eigenvalue weighted by molar-refractivity contribution is -0.371. The van der Waals surface area contributed by atoms with Crippen molar-refractivity contribution >= 4 is 11.8 Å². The monoisotopic (exact) mass is 232 g/mol.